The second-order valence-electron chi connectivity index (χ2n) is 5.81. The Bertz CT molecular complexity index is 682. The minimum Gasteiger partial charge on any atom is -0.381 e. The highest BCUT2D eigenvalue weighted by Gasteiger charge is 2.26. The highest BCUT2D eigenvalue weighted by atomic mass is 79.9. The second-order valence-corrected chi connectivity index (χ2v) is 6.72. The van der Waals surface area contributed by atoms with E-state index in [-0.39, 0.29) is 18.4 Å². The third-order valence-corrected chi connectivity index (χ3v) is 4.67. The number of nitrogens with one attached hydrogen (secondary N) is 2. The number of amides is 1. The first-order valence-corrected chi connectivity index (χ1v) is 8.71. The number of aromatic amines is 1. The van der Waals surface area contributed by atoms with E-state index in [0.29, 0.717) is 24.9 Å². The van der Waals surface area contributed by atoms with Gasteiger partial charge in [0.05, 0.1) is 12.6 Å². The standard InChI is InChI=1S/C16H20BrN5O2/c17-12-3-1-11(2-4-12)15-20-13(21-22-15)9-19-16(23)14(18)10-5-7-24-8-6-10/h1-4,10,14H,5-9,18H2,(H,19,23)(H,20,21,22). The zero-order valence-corrected chi connectivity index (χ0v) is 14.8. The Morgan fingerprint density at radius 3 is 2.79 bits per heavy atom. The summed E-state index contributed by atoms with van der Waals surface area (Å²) in [6, 6.07) is 7.20. The number of carbonyl (C=O) groups excluding carboxylic acids is 1. The van der Waals surface area contributed by atoms with E-state index in [4.69, 9.17) is 10.5 Å². The molecule has 8 heteroatoms. The van der Waals surface area contributed by atoms with Gasteiger partial charge in [0.25, 0.3) is 0 Å². The Morgan fingerprint density at radius 1 is 1.38 bits per heavy atom. The van der Waals surface area contributed by atoms with Crippen molar-refractivity contribution < 1.29 is 9.53 Å². The van der Waals surface area contributed by atoms with Crippen LogP contribution in [-0.4, -0.2) is 40.3 Å². The number of rotatable bonds is 5. The van der Waals surface area contributed by atoms with Gasteiger partial charge in [-0.15, -0.1) is 0 Å². The maximum atomic E-state index is 12.2. The molecule has 0 saturated carbocycles. The number of nitrogens with two attached hydrogens (primary N) is 1. The number of benzene rings is 1. The monoisotopic (exact) mass is 393 g/mol. The van der Waals surface area contributed by atoms with Crippen LogP contribution in [0.3, 0.4) is 0 Å². The average Bonchev–Trinajstić information content (AvgIpc) is 3.09. The molecule has 128 valence electrons. The highest BCUT2D eigenvalue weighted by molar-refractivity contribution is 9.10. The van der Waals surface area contributed by atoms with Gasteiger partial charge in [-0.3, -0.25) is 9.89 Å². The van der Waals surface area contributed by atoms with Crippen molar-refractivity contribution in [3.63, 3.8) is 0 Å². The van der Waals surface area contributed by atoms with Crippen LogP contribution in [0.5, 0.6) is 0 Å². The zero-order chi connectivity index (χ0) is 16.9. The molecule has 1 aromatic heterocycles. The van der Waals surface area contributed by atoms with Crippen LogP contribution in [0.2, 0.25) is 0 Å². The van der Waals surface area contributed by atoms with Gasteiger partial charge in [-0.2, -0.15) is 5.10 Å². The van der Waals surface area contributed by atoms with E-state index in [1.807, 2.05) is 24.3 Å². The summed E-state index contributed by atoms with van der Waals surface area (Å²) in [6.45, 7) is 1.62. The SMILES string of the molecule is NC(C(=O)NCc1nc(-c2ccc(Br)cc2)n[nH]1)C1CCOCC1. The van der Waals surface area contributed by atoms with Crippen molar-refractivity contribution in [2.75, 3.05) is 13.2 Å². The molecule has 0 bridgehead atoms. The summed E-state index contributed by atoms with van der Waals surface area (Å²) in [7, 11) is 0. The van der Waals surface area contributed by atoms with E-state index in [1.165, 1.54) is 0 Å². The van der Waals surface area contributed by atoms with Crippen molar-refractivity contribution in [2.45, 2.75) is 25.4 Å². The van der Waals surface area contributed by atoms with Gasteiger partial charge in [-0.1, -0.05) is 28.1 Å². The lowest BCUT2D eigenvalue weighted by atomic mass is 9.92. The second kappa shape index (κ2) is 7.87. The van der Waals surface area contributed by atoms with Crippen molar-refractivity contribution in [1.82, 2.24) is 20.5 Å². The van der Waals surface area contributed by atoms with Gasteiger partial charge in [-0.25, -0.2) is 4.98 Å². The fraction of sp³-hybridized carbons (Fsp3) is 0.438. The topological polar surface area (TPSA) is 106 Å². The van der Waals surface area contributed by atoms with E-state index < -0.39 is 6.04 Å². The van der Waals surface area contributed by atoms with Crippen LogP contribution in [-0.2, 0) is 16.1 Å². The molecule has 0 spiro atoms. The highest BCUT2D eigenvalue weighted by Crippen LogP contribution is 2.19. The number of halogens is 1. The molecule has 3 rings (SSSR count). The van der Waals surface area contributed by atoms with Gasteiger partial charge < -0.3 is 15.8 Å². The molecule has 1 saturated heterocycles. The van der Waals surface area contributed by atoms with Crippen LogP contribution in [0.15, 0.2) is 28.7 Å². The number of H-pyrrole nitrogens is 1. The predicted molar refractivity (Wildman–Crippen MR) is 92.9 cm³/mol. The first-order valence-electron chi connectivity index (χ1n) is 7.92. The van der Waals surface area contributed by atoms with Gasteiger partial charge in [0.2, 0.25) is 5.91 Å². The van der Waals surface area contributed by atoms with Gasteiger partial charge in [0, 0.05) is 23.2 Å². The molecule has 2 aromatic rings. The van der Waals surface area contributed by atoms with Crippen LogP contribution in [0.4, 0.5) is 0 Å². The third-order valence-electron chi connectivity index (χ3n) is 4.14. The molecule has 1 aliphatic rings. The molecule has 1 aliphatic heterocycles. The van der Waals surface area contributed by atoms with Crippen molar-refractivity contribution in [3.8, 4) is 11.4 Å². The van der Waals surface area contributed by atoms with E-state index in [2.05, 4.69) is 36.4 Å². The molecule has 4 N–H and O–H groups in total. The summed E-state index contributed by atoms with van der Waals surface area (Å²) < 4.78 is 6.29. The third kappa shape index (κ3) is 4.19. The van der Waals surface area contributed by atoms with Crippen molar-refractivity contribution >= 4 is 21.8 Å². The van der Waals surface area contributed by atoms with Crippen LogP contribution in [0, 0.1) is 5.92 Å². The average molecular weight is 394 g/mol. The summed E-state index contributed by atoms with van der Waals surface area (Å²) >= 11 is 3.39. The maximum Gasteiger partial charge on any atom is 0.237 e. The van der Waals surface area contributed by atoms with Gasteiger partial charge in [0.15, 0.2) is 5.82 Å². The van der Waals surface area contributed by atoms with Crippen molar-refractivity contribution in [2.24, 2.45) is 11.7 Å². The largest absolute Gasteiger partial charge is 0.381 e. The van der Waals surface area contributed by atoms with Crippen molar-refractivity contribution in [3.05, 3.63) is 34.6 Å². The molecule has 1 fully saturated rings. The molecule has 1 amide bonds. The molecule has 1 atom stereocenters. The lowest BCUT2D eigenvalue weighted by Gasteiger charge is -2.26. The number of hydrogen-bond donors (Lipinski definition) is 3. The van der Waals surface area contributed by atoms with E-state index in [0.717, 1.165) is 22.9 Å². The van der Waals surface area contributed by atoms with Crippen molar-refractivity contribution in [1.29, 1.82) is 0 Å². The summed E-state index contributed by atoms with van der Waals surface area (Å²) in [5, 5.41) is 9.85. The van der Waals surface area contributed by atoms with Gasteiger partial charge in [0.1, 0.15) is 5.82 Å². The number of carbonyl (C=O) groups is 1. The number of hydrogen-bond acceptors (Lipinski definition) is 5. The molecule has 1 aromatic carbocycles. The smallest absolute Gasteiger partial charge is 0.237 e. The number of ether oxygens (including phenoxy) is 1. The van der Waals surface area contributed by atoms with Crippen LogP contribution in [0.1, 0.15) is 18.7 Å². The molecule has 24 heavy (non-hydrogen) atoms. The molecular weight excluding hydrogens is 374 g/mol. The lowest BCUT2D eigenvalue weighted by Crippen LogP contribution is -2.46. The Balaban J connectivity index is 1.55. The molecule has 0 radical (unpaired) electrons. The summed E-state index contributed by atoms with van der Waals surface area (Å²) in [5.41, 5.74) is 6.96. The minimum absolute atomic E-state index is 0.163. The molecular formula is C16H20BrN5O2. The summed E-state index contributed by atoms with van der Waals surface area (Å²) in [5.74, 6) is 1.20. The normalized spacial score (nSPS) is 16.8. The van der Waals surface area contributed by atoms with Gasteiger partial charge in [-0.05, 0) is 30.9 Å². The fourth-order valence-corrected chi connectivity index (χ4v) is 2.94. The summed E-state index contributed by atoms with van der Waals surface area (Å²) in [4.78, 5) is 16.6. The Kier molecular flexibility index (Phi) is 5.60. The van der Waals surface area contributed by atoms with Crippen LogP contribution in [0.25, 0.3) is 11.4 Å². The van der Waals surface area contributed by atoms with E-state index in [9.17, 15) is 4.79 Å². The predicted octanol–water partition coefficient (Wildman–Crippen LogP) is 1.60. The molecule has 0 aliphatic carbocycles. The number of nitrogens with zero attached hydrogens (tertiary/aromatic N) is 2. The summed E-state index contributed by atoms with van der Waals surface area (Å²) in [6.07, 6.45) is 1.65. The quantitative estimate of drug-likeness (QED) is 0.715. The van der Waals surface area contributed by atoms with Gasteiger partial charge >= 0.3 is 0 Å². The fourth-order valence-electron chi connectivity index (χ4n) is 2.68. The van der Waals surface area contributed by atoms with Crippen LogP contribution < -0.4 is 11.1 Å². The first kappa shape index (κ1) is 17.1. The zero-order valence-electron chi connectivity index (χ0n) is 13.2. The Labute approximate surface area is 148 Å². The van der Waals surface area contributed by atoms with Crippen LogP contribution >= 0.6 is 15.9 Å². The molecule has 2 heterocycles. The number of aromatic nitrogens is 3. The Hall–Kier alpha value is -1.77. The molecule has 7 nitrogen and oxygen atoms in total. The minimum atomic E-state index is -0.511. The first-order chi connectivity index (χ1) is 11.6. The Morgan fingerprint density at radius 2 is 2.08 bits per heavy atom. The maximum absolute atomic E-state index is 12.2. The molecule has 1 unspecified atom stereocenters. The van der Waals surface area contributed by atoms with E-state index >= 15 is 0 Å². The van der Waals surface area contributed by atoms with E-state index in [1.54, 1.807) is 0 Å². The lowest BCUT2D eigenvalue weighted by molar-refractivity contribution is -0.124.